The number of aliphatic hydroxyl groups excluding tert-OH is 1. The molecule has 3 heterocycles. The van der Waals surface area contributed by atoms with E-state index in [1.807, 2.05) is 36.4 Å². The van der Waals surface area contributed by atoms with Gasteiger partial charge in [-0.25, -0.2) is 4.79 Å². The molecule has 0 unspecified atom stereocenters. The lowest BCUT2D eigenvalue weighted by molar-refractivity contribution is -0.164. The molecule has 0 spiro atoms. The summed E-state index contributed by atoms with van der Waals surface area (Å²) in [5.41, 5.74) is 1.85. The Bertz CT molecular complexity index is 2710. The van der Waals surface area contributed by atoms with E-state index < -0.39 is 17.7 Å². The van der Waals surface area contributed by atoms with Crippen LogP contribution in [0, 0.1) is 5.92 Å². The van der Waals surface area contributed by atoms with Gasteiger partial charge in [-0.3, -0.25) is 19.3 Å². The van der Waals surface area contributed by atoms with E-state index in [0.29, 0.717) is 66.7 Å². The van der Waals surface area contributed by atoms with Gasteiger partial charge in [0.15, 0.2) is 6.61 Å². The Morgan fingerprint density at radius 2 is 1.54 bits per heavy atom. The SMILES string of the molecule is O=C(COc1cccc([C@](O)(C(=O)OCC2CCN(Cc3ccccc3)CC2)c2ccccc2)c1)N[C@@H]1CCCN(C(=O)c2ccc(CCNC[C@H](O)c3ccc(O)c4[nH]c(=O)ccc34)cc2)C1. The van der Waals surface area contributed by atoms with Crippen LogP contribution in [0.15, 0.2) is 138 Å². The first-order chi connectivity index (χ1) is 33.0. The summed E-state index contributed by atoms with van der Waals surface area (Å²) in [4.78, 5) is 59.2. The number of aromatic hydroxyl groups is 1. The van der Waals surface area contributed by atoms with E-state index in [9.17, 15) is 34.5 Å². The molecule has 2 saturated heterocycles. The highest BCUT2D eigenvalue weighted by Crippen LogP contribution is 2.34. The van der Waals surface area contributed by atoms with Crippen molar-refractivity contribution in [2.45, 2.75) is 56.4 Å². The molecule has 0 aliphatic carbocycles. The molecular formula is C54H59N5O9. The van der Waals surface area contributed by atoms with Gasteiger partial charge in [0.05, 0.1) is 18.2 Å². The summed E-state index contributed by atoms with van der Waals surface area (Å²) >= 11 is 0. The first-order valence-electron chi connectivity index (χ1n) is 23.4. The van der Waals surface area contributed by atoms with E-state index in [0.717, 1.165) is 38.0 Å². The van der Waals surface area contributed by atoms with E-state index >= 15 is 0 Å². The van der Waals surface area contributed by atoms with Crippen LogP contribution in [0.3, 0.4) is 0 Å². The van der Waals surface area contributed by atoms with Crippen LogP contribution in [0.25, 0.3) is 10.9 Å². The number of phenols is 1. The highest BCUT2D eigenvalue weighted by molar-refractivity contribution is 5.94. The number of amides is 2. The lowest BCUT2D eigenvalue weighted by Crippen LogP contribution is -2.50. The number of rotatable bonds is 18. The smallest absolute Gasteiger partial charge is 0.347 e. The molecule has 354 valence electrons. The molecule has 8 rings (SSSR count). The number of piperidine rings is 2. The quantitative estimate of drug-likeness (QED) is 0.0465. The maximum absolute atomic E-state index is 13.9. The molecule has 6 N–H and O–H groups in total. The minimum atomic E-state index is -2.12. The number of pyridine rings is 1. The fourth-order valence-electron chi connectivity index (χ4n) is 9.17. The molecule has 2 fully saturated rings. The Morgan fingerprint density at radius 1 is 0.809 bits per heavy atom. The van der Waals surface area contributed by atoms with Crippen molar-refractivity contribution in [3.8, 4) is 11.5 Å². The lowest BCUT2D eigenvalue weighted by atomic mass is 9.86. The summed E-state index contributed by atoms with van der Waals surface area (Å²) in [5.74, 6) is -0.854. The number of nitrogens with zero attached hydrogens (tertiary/aromatic N) is 2. The fraction of sp³-hybridized carbons (Fsp3) is 0.333. The Morgan fingerprint density at radius 3 is 2.31 bits per heavy atom. The van der Waals surface area contributed by atoms with Crippen LogP contribution < -0.4 is 20.9 Å². The zero-order valence-electron chi connectivity index (χ0n) is 38.0. The maximum Gasteiger partial charge on any atom is 0.347 e. The molecule has 0 saturated carbocycles. The molecule has 5 aromatic carbocycles. The van der Waals surface area contributed by atoms with Gasteiger partial charge in [0.2, 0.25) is 11.2 Å². The summed E-state index contributed by atoms with van der Waals surface area (Å²) in [6.07, 6.45) is 2.97. The summed E-state index contributed by atoms with van der Waals surface area (Å²) < 4.78 is 11.8. The average Bonchev–Trinajstić information content (AvgIpc) is 3.37. The van der Waals surface area contributed by atoms with Crippen LogP contribution in [0.5, 0.6) is 11.5 Å². The van der Waals surface area contributed by atoms with Crippen molar-refractivity contribution in [3.63, 3.8) is 0 Å². The number of ether oxygens (including phenoxy) is 2. The van der Waals surface area contributed by atoms with Crippen LogP contribution in [-0.2, 0) is 32.9 Å². The monoisotopic (exact) mass is 921 g/mol. The second kappa shape index (κ2) is 22.3. The van der Waals surface area contributed by atoms with Crippen LogP contribution >= 0.6 is 0 Å². The topological polar surface area (TPSA) is 194 Å². The van der Waals surface area contributed by atoms with E-state index in [2.05, 4.69) is 32.7 Å². The largest absolute Gasteiger partial charge is 0.506 e. The summed E-state index contributed by atoms with van der Waals surface area (Å²) in [6.45, 7) is 4.30. The predicted octanol–water partition coefficient (Wildman–Crippen LogP) is 5.59. The average molecular weight is 922 g/mol. The molecule has 0 radical (unpaired) electrons. The number of carbonyl (C=O) groups excluding carboxylic acids is 3. The van der Waals surface area contributed by atoms with Crippen molar-refractivity contribution in [1.29, 1.82) is 0 Å². The van der Waals surface area contributed by atoms with Crippen molar-refractivity contribution in [1.82, 2.24) is 25.4 Å². The number of fused-ring (bicyclic) bond motifs is 1. The van der Waals surface area contributed by atoms with E-state index in [-0.39, 0.29) is 65.9 Å². The summed E-state index contributed by atoms with van der Waals surface area (Å²) in [6, 6.07) is 38.8. The Labute approximate surface area is 395 Å². The van der Waals surface area contributed by atoms with Crippen LogP contribution in [0.2, 0.25) is 0 Å². The number of aromatic amines is 1. The number of carbonyl (C=O) groups is 3. The van der Waals surface area contributed by atoms with Crippen molar-refractivity contribution >= 4 is 28.7 Å². The van der Waals surface area contributed by atoms with Gasteiger partial charge in [-0.2, -0.15) is 0 Å². The highest BCUT2D eigenvalue weighted by atomic mass is 16.5. The minimum Gasteiger partial charge on any atom is -0.506 e. The van der Waals surface area contributed by atoms with Crippen molar-refractivity contribution in [3.05, 3.63) is 177 Å². The summed E-state index contributed by atoms with van der Waals surface area (Å²) in [5, 5.41) is 40.1. The molecular weight excluding hydrogens is 863 g/mol. The number of hydrogen-bond donors (Lipinski definition) is 6. The molecule has 1 aromatic heterocycles. The number of phenolic OH excluding ortho intramolecular Hbond substituents is 1. The number of esters is 1. The van der Waals surface area contributed by atoms with Crippen molar-refractivity contribution in [2.75, 3.05) is 52.5 Å². The van der Waals surface area contributed by atoms with Crippen LogP contribution in [0.1, 0.15) is 70.0 Å². The zero-order chi connectivity index (χ0) is 47.5. The molecule has 0 bridgehead atoms. The van der Waals surface area contributed by atoms with Gasteiger partial charge in [-0.1, -0.05) is 91.0 Å². The fourth-order valence-corrected chi connectivity index (χ4v) is 9.17. The number of likely N-dealkylation sites (tertiary alicyclic amines) is 2. The number of H-pyrrole nitrogens is 1. The third kappa shape index (κ3) is 11.8. The summed E-state index contributed by atoms with van der Waals surface area (Å²) in [7, 11) is 0. The number of hydrogen-bond acceptors (Lipinski definition) is 11. The molecule has 68 heavy (non-hydrogen) atoms. The molecule has 6 aromatic rings. The van der Waals surface area contributed by atoms with Gasteiger partial charge in [0, 0.05) is 54.8 Å². The molecule has 14 nitrogen and oxygen atoms in total. The standard InChI is InChI=1S/C54H59N5O9/c60-47-22-20-45(46-21-23-49(62)57-51(46)47)48(61)32-55-27-24-37-16-18-40(19-17-37)52(64)59-28-8-14-43(34-59)56-50(63)36-67-44-15-7-13-42(31-44)54(66,41-11-5-2-6-12-41)53(65)68-35-39-25-29-58(30-26-39)33-38-9-3-1-4-10-38/h1-7,9-13,15-23,31,39,43,48,55,60-61,66H,8,14,24-30,32-36H2,(H,56,63)(H,57,62)/t43-,48+,54+/m1/s1. The number of aromatic nitrogens is 1. The number of nitrogens with one attached hydrogen (secondary N) is 3. The Balaban J connectivity index is 0.792. The van der Waals surface area contributed by atoms with Gasteiger partial charge in [0.25, 0.3) is 11.8 Å². The van der Waals surface area contributed by atoms with Crippen molar-refractivity contribution < 1.29 is 39.2 Å². The van der Waals surface area contributed by atoms with E-state index in [1.165, 1.54) is 17.7 Å². The third-order valence-corrected chi connectivity index (χ3v) is 13.0. The third-order valence-electron chi connectivity index (χ3n) is 13.0. The first-order valence-corrected chi connectivity index (χ1v) is 23.4. The van der Waals surface area contributed by atoms with Gasteiger partial charge in [-0.05, 0) is 116 Å². The van der Waals surface area contributed by atoms with Gasteiger partial charge in [0.1, 0.15) is 11.5 Å². The second-order valence-electron chi connectivity index (χ2n) is 17.8. The lowest BCUT2D eigenvalue weighted by Gasteiger charge is -2.33. The Hall–Kier alpha value is -6.84. The number of benzene rings is 5. The van der Waals surface area contributed by atoms with Gasteiger partial charge in [-0.15, -0.1) is 0 Å². The van der Waals surface area contributed by atoms with E-state index in [4.69, 9.17) is 9.47 Å². The minimum absolute atomic E-state index is 0.0636. The zero-order valence-corrected chi connectivity index (χ0v) is 38.0. The van der Waals surface area contributed by atoms with E-state index in [1.54, 1.807) is 77.7 Å². The molecule has 2 aliphatic heterocycles. The molecule has 2 aliphatic rings. The maximum atomic E-state index is 13.9. The van der Waals surface area contributed by atoms with Crippen molar-refractivity contribution in [2.24, 2.45) is 5.92 Å². The number of aliphatic hydroxyl groups is 2. The highest BCUT2D eigenvalue weighted by Gasteiger charge is 2.42. The molecule has 2 amide bonds. The van der Waals surface area contributed by atoms with Gasteiger partial charge >= 0.3 is 5.97 Å². The molecule has 14 heteroatoms. The molecule has 3 atom stereocenters. The van der Waals surface area contributed by atoms with Crippen LogP contribution in [0.4, 0.5) is 0 Å². The van der Waals surface area contributed by atoms with Gasteiger partial charge < -0.3 is 45.3 Å². The Kier molecular flexibility index (Phi) is 15.6. The second-order valence-corrected chi connectivity index (χ2v) is 17.8. The van der Waals surface area contributed by atoms with Crippen LogP contribution in [-0.4, -0.2) is 106 Å². The normalized spacial score (nSPS) is 17.0. The predicted molar refractivity (Wildman–Crippen MR) is 258 cm³/mol. The first kappa shape index (κ1) is 47.6.